The molecule has 0 saturated carbocycles. The molecule has 1 saturated heterocycles. The highest BCUT2D eigenvalue weighted by atomic mass is 19.1. The second kappa shape index (κ2) is 13.6. The molecule has 5 rings (SSSR count). The van der Waals surface area contributed by atoms with Crippen LogP contribution in [0.2, 0.25) is 0 Å². The number of aryl methyl sites for hydroxylation is 1. The second-order valence-electron chi connectivity index (χ2n) is 13.9. The van der Waals surface area contributed by atoms with Gasteiger partial charge in [0.05, 0.1) is 35.7 Å². The summed E-state index contributed by atoms with van der Waals surface area (Å²) in [6, 6.07) is 6.54. The van der Waals surface area contributed by atoms with Gasteiger partial charge in [-0.1, -0.05) is 38.1 Å². The van der Waals surface area contributed by atoms with E-state index < -0.39 is 11.4 Å². The van der Waals surface area contributed by atoms with Crippen LogP contribution in [0.3, 0.4) is 0 Å². The molecule has 0 radical (unpaired) electrons. The van der Waals surface area contributed by atoms with Crippen LogP contribution in [0.4, 0.5) is 4.39 Å². The van der Waals surface area contributed by atoms with E-state index in [4.69, 9.17) is 19.2 Å². The molecule has 250 valence electrons. The molecule has 0 unspecified atom stereocenters. The Bertz CT molecular complexity index is 1680. The topological polar surface area (TPSA) is 113 Å². The number of hydrogen-bond acceptors (Lipinski definition) is 8. The van der Waals surface area contributed by atoms with Crippen LogP contribution in [-0.2, 0) is 31.8 Å². The van der Waals surface area contributed by atoms with E-state index in [9.17, 15) is 14.0 Å². The van der Waals surface area contributed by atoms with Gasteiger partial charge in [0.1, 0.15) is 11.4 Å². The number of esters is 1. The van der Waals surface area contributed by atoms with Crippen molar-refractivity contribution in [1.82, 2.24) is 20.3 Å². The van der Waals surface area contributed by atoms with Gasteiger partial charge in [-0.15, -0.1) is 0 Å². The molecular formula is C37H45FN4O5. The first kappa shape index (κ1) is 34.3. The summed E-state index contributed by atoms with van der Waals surface area (Å²) in [7, 11) is 1.56. The number of pyridine rings is 1. The standard InChI is InChI=1S/C37H45FN4O5/c1-21(2)32-27(17-16-24-18-25(46-37(6,7)45-24)19-30(43)47-36(3,4)5)31(22-12-14-23(38)15-13-22)26-10-9-11-29-28(33(26)42-32)20-40-34(41-29)35(44)39-8/h12-17,20-21,24-25H,9-11,18-19H2,1-8H3,(H,39,44)/b17-16+/t24-,25-/m1/s1. The van der Waals surface area contributed by atoms with Gasteiger partial charge < -0.3 is 19.5 Å². The molecule has 2 aliphatic rings. The molecule has 2 aromatic heterocycles. The molecule has 0 bridgehead atoms. The second-order valence-corrected chi connectivity index (χ2v) is 13.9. The van der Waals surface area contributed by atoms with Crippen LogP contribution in [-0.4, -0.2) is 57.5 Å². The number of ether oxygens (including phenoxy) is 3. The maximum atomic E-state index is 14.2. The molecule has 1 N–H and O–H groups in total. The zero-order valence-electron chi connectivity index (χ0n) is 28.6. The number of hydrogen-bond donors (Lipinski definition) is 1. The Balaban J connectivity index is 1.61. The van der Waals surface area contributed by atoms with Crippen molar-refractivity contribution >= 4 is 18.0 Å². The molecule has 9 nitrogen and oxygen atoms in total. The summed E-state index contributed by atoms with van der Waals surface area (Å²) in [6.07, 6.45) is 7.77. The van der Waals surface area contributed by atoms with Crippen LogP contribution in [0.25, 0.3) is 28.5 Å². The van der Waals surface area contributed by atoms with Crippen LogP contribution in [0.5, 0.6) is 0 Å². The predicted octanol–water partition coefficient (Wildman–Crippen LogP) is 6.97. The zero-order valence-corrected chi connectivity index (χ0v) is 28.6. The van der Waals surface area contributed by atoms with E-state index in [-0.39, 0.29) is 48.1 Å². The SMILES string of the molecule is CNC(=O)c1ncc2c(n1)CCCc1c-2nc(C(C)C)c(/C=C/[C@@H]2C[C@H](CC(=O)OC(C)(C)C)OC(C)(C)O2)c1-c1ccc(F)cc1. The van der Waals surface area contributed by atoms with E-state index in [0.29, 0.717) is 19.3 Å². The van der Waals surface area contributed by atoms with E-state index in [0.717, 1.165) is 51.3 Å². The zero-order chi connectivity index (χ0) is 34.1. The Kier molecular flexibility index (Phi) is 9.94. The maximum absolute atomic E-state index is 14.2. The number of benzene rings is 1. The molecule has 1 amide bonds. The molecule has 10 heteroatoms. The van der Waals surface area contributed by atoms with Gasteiger partial charge >= 0.3 is 5.97 Å². The summed E-state index contributed by atoms with van der Waals surface area (Å²) in [6.45, 7) is 13.4. The lowest BCUT2D eigenvalue weighted by atomic mass is 9.86. The minimum absolute atomic E-state index is 0.0314. The maximum Gasteiger partial charge on any atom is 0.308 e. The lowest BCUT2D eigenvalue weighted by molar-refractivity contribution is -0.290. The molecule has 47 heavy (non-hydrogen) atoms. The first-order chi connectivity index (χ1) is 22.1. The fraction of sp³-hybridized carbons (Fsp3) is 0.486. The first-order valence-corrected chi connectivity index (χ1v) is 16.3. The fourth-order valence-electron chi connectivity index (χ4n) is 6.30. The summed E-state index contributed by atoms with van der Waals surface area (Å²) < 4.78 is 32.2. The smallest absolute Gasteiger partial charge is 0.308 e. The number of nitrogens with one attached hydrogen (secondary N) is 1. The third-order valence-corrected chi connectivity index (χ3v) is 8.11. The van der Waals surface area contributed by atoms with Crippen molar-refractivity contribution in [2.24, 2.45) is 0 Å². The third-order valence-electron chi connectivity index (χ3n) is 8.11. The van der Waals surface area contributed by atoms with Gasteiger partial charge in [-0.05, 0) is 88.6 Å². The Morgan fingerprint density at radius 1 is 1.13 bits per heavy atom. The Morgan fingerprint density at radius 3 is 2.51 bits per heavy atom. The Hall–Kier alpha value is -4.02. The first-order valence-electron chi connectivity index (χ1n) is 16.3. The summed E-state index contributed by atoms with van der Waals surface area (Å²) in [5, 5.41) is 2.60. The van der Waals surface area contributed by atoms with Crippen LogP contribution in [0, 0.1) is 5.82 Å². The van der Waals surface area contributed by atoms with Crippen molar-refractivity contribution in [3.05, 3.63) is 70.7 Å². The molecule has 1 aliphatic heterocycles. The van der Waals surface area contributed by atoms with E-state index in [1.165, 1.54) is 12.1 Å². The number of fused-ring (bicyclic) bond motifs is 3. The van der Waals surface area contributed by atoms with E-state index >= 15 is 0 Å². The summed E-state index contributed by atoms with van der Waals surface area (Å²) in [5.74, 6) is -1.73. The third kappa shape index (κ3) is 8.11. The summed E-state index contributed by atoms with van der Waals surface area (Å²) in [5.41, 5.74) is 6.41. The Morgan fingerprint density at radius 2 is 1.85 bits per heavy atom. The average Bonchev–Trinajstić information content (AvgIpc) is 3.16. The molecular weight excluding hydrogens is 599 g/mol. The number of nitrogens with zero attached hydrogens (tertiary/aromatic N) is 3. The molecule has 1 aliphatic carbocycles. The fourth-order valence-corrected chi connectivity index (χ4v) is 6.30. The number of carbonyl (C=O) groups is 2. The van der Waals surface area contributed by atoms with Gasteiger partial charge in [-0.3, -0.25) is 14.6 Å². The van der Waals surface area contributed by atoms with Crippen molar-refractivity contribution in [2.75, 3.05) is 7.05 Å². The van der Waals surface area contributed by atoms with Gasteiger partial charge in [-0.25, -0.2) is 14.4 Å². The van der Waals surface area contributed by atoms with E-state index in [1.54, 1.807) is 25.4 Å². The minimum atomic E-state index is -0.913. The van der Waals surface area contributed by atoms with E-state index in [2.05, 4.69) is 35.2 Å². The molecule has 3 heterocycles. The highest BCUT2D eigenvalue weighted by Gasteiger charge is 2.36. The van der Waals surface area contributed by atoms with Crippen molar-refractivity contribution < 1.29 is 28.2 Å². The van der Waals surface area contributed by atoms with Crippen LogP contribution in [0.15, 0.2) is 36.5 Å². The number of rotatable bonds is 7. The van der Waals surface area contributed by atoms with Crippen molar-refractivity contribution in [2.45, 2.75) is 110 Å². The van der Waals surface area contributed by atoms with Gasteiger partial charge in [0.25, 0.3) is 5.91 Å². The van der Waals surface area contributed by atoms with Gasteiger partial charge in [0.15, 0.2) is 5.79 Å². The van der Waals surface area contributed by atoms with Gasteiger partial charge in [-0.2, -0.15) is 0 Å². The normalized spacial score (nSPS) is 19.2. The minimum Gasteiger partial charge on any atom is -0.460 e. The Labute approximate surface area is 276 Å². The largest absolute Gasteiger partial charge is 0.460 e. The highest BCUT2D eigenvalue weighted by Crippen LogP contribution is 2.42. The van der Waals surface area contributed by atoms with Crippen molar-refractivity contribution in [3.63, 3.8) is 0 Å². The van der Waals surface area contributed by atoms with Crippen molar-refractivity contribution in [1.29, 1.82) is 0 Å². The number of carbonyl (C=O) groups excluding carboxylic acids is 2. The molecule has 0 spiro atoms. The summed E-state index contributed by atoms with van der Waals surface area (Å²) >= 11 is 0. The van der Waals surface area contributed by atoms with Crippen LogP contribution < -0.4 is 5.32 Å². The summed E-state index contributed by atoms with van der Waals surface area (Å²) in [4.78, 5) is 39.3. The molecule has 1 fully saturated rings. The van der Waals surface area contributed by atoms with E-state index in [1.807, 2.05) is 40.7 Å². The average molecular weight is 645 g/mol. The lowest BCUT2D eigenvalue weighted by Crippen LogP contribution is -2.45. The number of amides is 1. The molecule has 2 atom stereocenters. The monoisotopic (exact) mass is 644 g/mol. The number of aromatic nitrogens is 3. The lowest BCUT2D eigenvalue weighted by Gasteiger charge is -2.39. The molecule has 3 aromatic rings. The highest BCUT2D eigenvalue weighted by molar-refractivity contribution is 5.91. The van der Waals surface area contributed by atoms with Gasteiger partial charge in [0.2, 0.25) is 5.82 Å². The predicted molar refractivity (Wildman–Crippen MR) is 178 cm³/mol. The van der Waals surface area contributed by atoms with Crippen molar-refractivity contribution in [3.8, 4) is 22.4 Å². The van der Waals surface area contributed by atoms with Crippen LogP contribution >= 0.6 is 0 Å². The van der Waals surface area contributed by atoms with Gasteiger partial charge in [0, 0.05) is 30.8 Å². The quantitative estimate of drug-likeness (QED) is 0.275. The molecule has 1 aromatic carbocycles. The van der Waals surface area contributed by atoms with Crippen LogP contribution in [0.1, 0.15) is 107 Å². The number of halogens is 1.